The van der Waals surface area contributed by atoms with Gasteiger partial charge in [-0.05, 0) is 46.2 Å². The summed E-state index contributed by atoms with van der Waals surface area (Å²) in [6, 6.07) is 3.22. The lowest BCUT2D eigenvalue weighted by Gasteiger charge is -2.32. The molecule has 0 aromatic carbocycles. The molecular weight excluding hydrogens is 269 g/mol. The maximum Gasteiger partial charge on any atom is 0.487 e. The molecule has 1 aliphatic heterocycles. The Hall–Kier alpha value is -1.66. The number of carboxylic acid groups (broad SMARTS) is 1. The molecule has 2 rings (SSSR count). The van der Waals surface area contributed by atoms with Crippen LogP contribution in [0.15, 0.2) is 18.1 Å². The second-order valence-corrected chi connectivity index (χ2v) is 6.16. The summed E-state index contributed by atoms with van der Waals surface area (Å²) in [5.41, 5.74) is 0.794. The van der Waals surface area contributed by atoms with Crippen LogP contribution in [0, 0.1) is 6.92 Å². The molecule has 1 aromatic heterocycles. The molecular formula is C15H20BNO4. The van der Waals surface area contributed by atoms with Crippen molar-refractivity contribution in [3.8, 4) is 0 Å². The molecule has 0 radical (unpaired) electrons. The van der Waals surface area contributed by atoms with Gasteiger partial charge >= 0.3 is 13.1 Å². The van der Waals surface area contributed by atoms with E-state index in [0.717, 1.165) is 5.56 Å². The Morgan fingerprint density at radius 3 is 2.29 bits per heavy atom. The number of hydrogen-bond donors (Lipinski definition) is 1. The van der Waals surface area contributed by atoms with Crippen molar-refractivity contribution in [2.24, 2.45) is 0 Å². The second kappa shape index (κ2) is 5.28. The SMILES string of the molecule is Cc1nc(C(=O)O)ccc1/C=C/B1OC(C)(C)C(C)(C)O1. The Morgan fingerprint density at radius 1 is 1.24 bits per heavy atom. The zero-order valence-electron chi connectivity index (χ0n) is 13.0. The molecule has 1 saturated heterocycles. The van der Waals surface area contributed by atoms with E-state index in [0.29, 0.717) is 5.69 Å². The Kier molecular flexibility index (Phi) is 3.95. The molecule has 0 unspecified atom stereocenters. The fourth-order valence-electron chi connectivity index (χ4n) is 2.02. The molecule has 0 amide bonds. The van der Waals surface area contributed by atoms with Gasteiger partial charge in [0, 0.05) is 5.69 Å². The van der Waals surface area contributed by atoms with Crippen LogP contribution in [0.4, 0.5) is 0 Å². The number of aromatic carboxylic acids is 1. The van der Waals surface area contributed by atoms with Crippen molar-refractivity contribution in [1.82, 2.24) is 4.98 Å². The van der Waals surface area contributed by atoms with Gasteiger partial charge < -0.3 is 14.4 Å². The number of carbonyl (C=O) groups is 1. The Morgan fingerprint density at radius 2 is 1.81 bits per heavy atom. The standard InChI is InChI=1S/C15H20BNO4/c1-10-11(6-7-12(17-10)13(18)19)8-9-16-20-14(2,3)15(4,5)21-16/h6-9H,1-5H3,(H,18,19)/b9-8+. The van der Waals surface area contributed by atoms with Crippen molar-refractivity contribution in [3.63, 3.8) is 0 Å². The van der Waals surface area contributed by atoms with Crippen LogP contribution in [0.1, 0.15) is 49.4 Å². The van der Waals surface area contributed by atoms with Gasteiger partial charge in [0.25, 0.3) is 0 Å². The van der Waals surface area contributed by atoms with E-state index in [9.17, 15) is 4.79 Å². The molecule has 6 heteroatoms. The molecule has 0 atom stereocenters. The topological polar surface area (TPSA) is 68.7 Å². The normalized spacial score (nSPS) is 20.1. The van der Waals surface area contributed by atoms with Crippen LogP contribution in [-0.4, -0.2) is 34.4 Å². The molecule has 0 aliphatic carbocycles. The third-order valence-corrected chi connectivity index (χ3v) is 4.05. The average Bonchev–Trinajstić information content (AvgIpc) is 2.56. The molecule has 1 aromatic rings. The number of pyridine rings is 1. The summed E-state index contributed by atoms with van der Waals surface area (Å²) in [5, 5.41) is 8.90. The minimum Gasteiger partial charge on any atom is -0.477 e. The van der Waals surface area contributed by atoms with Crippen LogP contribution < -0.4 is 0 Å². The zero-order valence-corrected chi connectivity index (χ0v) is 13.0. The Balaban J connectivity index is 2.14. The third-order valence-electron chi connectivity index (χ3n) is 4.05. The Bertz CT molecular complexity index is 579. The van der Waals surface area contributed by atoms with Gasteiger partial charge in [0.15, 0.2) is 0 Å². The first-order chi connectivity index (χ1) is 9.62. The van der Waals surface area contributed by atoms with E-state index in [2.05, 4.69) is 4.98 Å². The van der Waals surface area contributed by atoms with Crippen molar-refractivity contribution >= 4 is 19.2 Å². The first kappa shape index (κ1) is 15.7. The molecule has 0 spiro atoms. The smallest absolute Gasteiger partial charge is 0.477 e. The molecule has 0 bridgehead atoms. The lowest BCUT2D eigenvalue weighted by molar-refractivity contribution is 0.00578. The summed E-state index contributed by atoms with van der Waals surface area (Å²) in [7, 11) is -0.423. The minimum atomic E-state index is -1.03. The summed E-state index contributed by atoms with van der Waals surface area (Å²) in [6.45, 7) is 9.76. The monoisotopic (exact) mass is 289 g/mol. The summed E-state index contributed by atoms with van der Waals surface area (Å²) >= 11 is 0. The van der Waals surface area contributed by atoms with Gasteiger partial charge in [-0.3, -0.25) is 0 Å². The largest absolute Gasteiger partial charge is 0.487 e. The van der Waals surface area contributed by atoms with E-state index in [1.54, 1.807) is 13.0 Å². The second-order valence-electron chi connectivity index (χ2n) is 6.16. The molecule has 1 N–H and O–H groups in total. The molecule has 2 heterocycles. The van der Waals surface area contributed by atoms with Gasteiger partial charge in [-0.15, -0.1) is 0 Å². The van der Waals surface area contributed by atoms with Gasteiger partial charge in [0.2, 0.25) is 0 Å². The van der Waals surface area contributed by atoms with Crippen LogP contribution in [0.2, 0.25) is 0 Å². The predicted octanol–water partition coefficient (Wildman–Crippen LogP) is 2.73. The van der Waals surface area contributed by atoms with Crippen molar-refractivity contribution < 1.29 is 19.2 Å². The highest BCUT2D eigenvalue weighted by Gasteiger charge is 2.49. The molecule has 112 valence electrons. The number of hydrogen-bond acceptors (Lipinski definition) is 4. The number of nitrogens with zero attached hydrogens (tertiary/aromatic N) is 1. The maximum atomic E-state index is 10.9. The van der Waals surface area contributed by atoms with Crippen molar-refractivity contribution in [2.75, 3.05) is 0 Å². The fourth-order valence-corrected chi connectivity index (χ4v) is 2.02. The average molecular weight is 289 g/mol. The van der Waals surface area contributed by atoms with Crippen molar-refractivity contribution in [3.05, 3.63) is 35.1 Å². The molecule has 21 heavy (non-hydrogen) atoms. The highest BCUT2D eigenvalue weighted by Crippen LogP contribution is 2.37. The van der Waals surface area contributed by atoms with Crippen LogP contribution in [0.3, 0.4) is 0 Å². The lowest BCUT2D eigenvalue weighted by Crippen LogP contribution is -2.41. The highest BCUT2D eigenvalue weighted by molar-refractivity contribution is 6.52. The van der Waals surface area contributed by atoms with Crippen LogP contribution in [0.5, 0.6) is 0 Å². The van der Waals surface area contributed by atoms with Crippen molar-refractivity contribution in [1.29, 1.82) is 0 Å². The van der Waals surface area contributed by atoms with Crippen LogP contribution in [-0.2, 0) is 9.31 Å². The Labute approximate surface area is 125 Å². The van der Waals surface area contributed by atoms with Crippen LogP contribution >= 0.6 is 0 Å². The fraction of sp³-hybridized carbons (Fsp3) is 0.467. The number of aryl methyl sites for hydroxylation is 1. The van der Waals surface area contributed by atoms with E-state index in [4.69, 9.17) is 14.4 Å². The third kappa shape index (κ3) is 3.17. The summed E-state index contributed by atoms with van der Waals surface area (Å²) in [6.07, 6.45) is 1.84. The van der Waals surface area contributed by atoms with Gasteiger partial charge in [-0.25, -0.2) is 9.78 Å². The summed E-state index contributed by atoms with van der Waals surface area (Å²) in [4.78, 5) is 14.9. The molecule has 0 saturated carbocycles. The van der Waals surface area contributed by atoms with Crippen molar-refractivity contribution in [2.45, 2.75) is 45.8 Å². The molecule has 1 fully saturated rings. The molecule has 1 aliphatic rings. The number of rotatable bonds is 3. The number of carboxylic acids is 1. The van der Waals surface area contributed by atoms with Crippen LogP contribution in [0.25, 0.3) is 6.08 Å². The summed E-state index contributed by atoms with van der Waals surface area (Å²) in [5.74, 6) is 0.792. The summed E-state index contributed by atoms with van der Waals surface area (Å²) < 4.78 is 11.7. The maximum absolute atomic E-state index is 10.9. The highest BCUT2D eigenvalue weighted by atomic mass is 16.7. The number of aromatic nitrogens is 1. The van der Waals surface area contributed by atoms with Gasteiger partial charge in [0.05, 0.1) is 11.2 Å². The predicted molar refractivity (Wildman–Crippen MR) is 81.0 cm³/mol. The zero-order chi connectivity index (χ0) is 15.8. The van der Waals surface area contributed by atoms with E-state index < -0.39 is 13.1 Å². The van der Waals surface area contributed by atoms with Gasteiger partial charge in [0.1, 0.15) is 5.69 Å². The first-order valence-electron chi connectivity index (χ1n) is 6.87. The van der Waals surface area contributed by atoms with E-state index >= 15 is 0 Å². The molecule has 5 nitrogen and oxygen atoms in total. The first-order valence-corrected chi connectivity index (χ1v) is 6.87. The lowest BCUT2D eigenvalue weighted by atomic mass is 9.89. The quantitative estimate of drug-likeness (QED) is 0.866. The van der Waals surface area contributed by atoms with E-state index in [1.807, 2.05) is 39.7 Å². The minimum absolute atomic E-state index is 0.0419. The van der Waals surface area contributed by atoms with Gasteiger partial charge in [-0.1, -0.05) is 18.1 Å². The van der Waals surface area contributed by atoms with E-state index in [1.165, 1.54) is 6.07 Å². The van der Waals surface area contributed by atoms with Gasteiger partial charge in [-0.2, -0.15) is 0 Å². The van der Waals surface area contributed by atoms with E-state index in [-0.39, 0.29) is 16.9 Å².